The van der Waals surface area contributed by atoms with Gasteiger partial charge in [0.15, 0.2) is 0 Å². The minimum Gasteiger partial charge on any atom is -0.438 e. The molecule has 138 valence electrons. The Kier molecular flexibility index (Phi) is 14.4. The van der Waals surface area contributed by atoms with Gasteiger partial charge in [0.1, 0.15) is 5.60 Å². The zero-order valence-electron chi connectivity index (χ0n) is 16.1. The van der Waals surface area contributed by atoms with Gasteiger partial charge in [-0.2, -0.15) is 0 Å². The summed E-state index contributed by atoms with van der Waals surface area (Å²) in [7, 11) is 1.39. The van der Waals surface area contributed by atoms with Crippen molar-refractivity contribution in [2.24, 2.45) is 0 Å². The molecule has 0 spiro atoms. The smallest absolute Gasteiger partial charge is 0.438 e. The first-order chi connectivity index (χ1) is 11.1. The fourth-order valence-corrected chi connectivity index (χ4v) is 3.03. The van der Waals surface area contributed by atoms with Gasteiger partial charge in [0.05, 0.1) is 7.11 Å². The van der Waals surface area contributed by atoms with E-state index in [9.17, 15) is 4.79 Å². The SMILES string of the molecule is CCCCCCCCC(C)(CCCCCCCC)OC(=O)OC. The third kappa shape index (κ3) is 13.4. The predicted molar refractivity (Wildman–Crippen MR) is 97.9 cm³/mol. The van der Waals surface area contributed by atoms with Crippen LogP contribution in [0.25, 0.3) is 0 Å². The lowest BCUT2D eigenvalue weighted by atomic mass is 9.91. The van der Waals surface area contributed by atoms with Gasteiger partial charge in [-0.05, 0) is 32.6 Å². The van der Waals surface area contributed by atoms with Crippen LogP contribution in [0.3, 0.4) is 0 Å². The molecule has 0 amide bonds. The normalized spacial score (nSPS) is 11.5. The Labute approximate surface area is 144 Å². The van der Waals surface area contributed by atoms with Gasteiger partial charge in [0, 0.05) is 0 Å². The van der Waals surface area contributed by atoms with E-state index < -0.39 is 6.16 Å². The van der Waals surface area contributed by atoms with Crippen LogP contribution in [-0.2, 0) is 9.47 Å². The van der Waals surface area contributed by atoms with Crippen molar-refractivity contribution in [2.75, 3.05) is 7.11 Å². The second-order valence-electron chi connectivity index (χ2n) is 7.04. The van der Waals surface area contributed by atoms with E-state index in [1.54, 1.807) is 0 Å². The second kappa shape index (κ2) is 14.8. The molecule has 0 aliphatic rings. The predicted octanol–water partition coefficient (Wildman–Crippen LogP) is 7.03. The average Bonchev–Trinajstić information content (AvgIpc) is 2.54. The maximum atomic E-state index is 11.5. The molecule has 3 nitrogen and oxygen atoms in total. The highest BCUT2D eigenvalue weighted by molar-refractivity contribution is 5.60. The van der Waals surface area contributed by atoms with E-state index in [4.69, 9.17) is 9.47 Å². The molecule has 0 aromatic rings. The van der Waals surface area contributed by atoms with Crippen molar-refractivity contribution in [1.82, 2.24) is 0 Å². The number of carbonyl (C=O) groups is 1. The fourth-order valence-electron chi connectivity index (χ4n) is 3.03. The Morgan fingerprint density at radius 2 is 1.13 bits per heavy atom. The standard InChI is InChI=1S/C20H40O3/c1-5-7-9-11-13-15-17-20(3,23-19(21)22-4)18-16-14-12-10-8-6-2/h5-18H2,1-4H3. The monoisotopic (exact) mass is 328 g/mol. The van der Waals surface area contributed by atoms with Crippen LogP contribution < -0.4 is 0 Å². The van der Waals surface area contributed by atoms with Gasteiger partial charge in [0.2, 0.25) is 0 Å². The number of unbranched alkanes of at least 4 members (excludes halogenated alkanes) is 10. The van der Waals surface area contributed by atoms with Crippen LogP contribution in [0.4, 0.5) is 4.79 Å². The fraction of sp³-hybridized carbons (Fsp3) is 0.950. The molecule has 3 heteroatoms. The molecule has 0 aromatic heterocycles. The zero-order valence-corrected chi connectivity index (χ0v) is 16.1. The zero-order chi connectivity index (χ0) is 17.4. The Bertz CT molecular complexity index is 260. The summed E-state index contributed by atoms with van der Waals surface area (Å²) in [5, 5.41) is 0. The highest BCUT2D eigenvalue weighted by Crippen LogP contribution is 2.27. The lowest BCUT2D eigenvalue weighted by molar-refractivity contribution is -0.0291. The highest BCUT2D eigenvalue weighted by atomic mass is 16.7. The van der Waals surface area contributed by atoms with Gasteiger partial charge in [-0.1, -0.05) is 78.1 Å². The van der Waals surface area contributed by atoms with Crippen molar-refractivity contribution < 1.29 is 14.3 Å². The lowest BCUT2D eigenvalue weighted by Gasteiger charge is -2.29. The third-order valence-corrected chi connectivity index (χ3v) is 4.61. The van der Waals surface area contributed by atoms with E-state index in [1.807, 2.05) is 0 Å². The molecule has 0 rings (SSSR count). The van der Waals surface area contributed by atoms with Crippen LogP contribution >= 0.6 is 0 Å². The molecule has 0 saturated heterocycles. The maximum Gasteiger partial charge on any atom is 0.508 e. The molecule has 0 aliphatic carbocycles. The molecule has 0 atom stereocenters. The lowest BCUT2D eigenvalue weighted by Crippen LogP contribution is -2.31. The Hall–Kier alpha value is -0.730. The summed E-state index contributed by atoms with van der Waals surface area (Å²) in [6, 6.07) is 0. The number of rotatable bonds is 15. The first-order valence-corrected chi connectivity index (χ1v) is 9.85. The van der Waals surface area contributed by atoms with Gasteiger partial charge >= 0.3 is 6.16 Å². The van der Waals surface area contributed by atoms with Crippen LogP contribution in [-0.4, -0.2) is 18.9 Å². The molecule has 0 N–H and O–H groups in total. The van der Waals surface area contributed by atoms with Crippen molar-refractivity contribution in [3.05, 3.63) is 0 Å². The first-order valence-electron chi connectivity index (χ1n) is 9.85. The summed E-state index contributed by atoms with van der Waals surface area (Å²) < 4.78 is 10.3. The number of methoxy groups -OCH3 is 1. The van der Waals surface area contributed by atoms with Crippen LogP contribution in [0.15, 0.2) is 0 Å². The van der Waals surface area contributed by atoms with Crippen molar-refractivity contribution in [2.45, 2.75) is 116 Å². The largest absolute Gasteiger partial charge is 0.508 e. The molecule has 0 aromatic carbocycles. The quantitative estimate of drug-likeness (QED) is 0.239. The van der Waals surface area contributed by atoms with Gasteiger partial charge < -0.3 is 9.47 Å². The third-order valence-electron chi connectivity index (χ3n) is 4.61. The summed E-state index contributed by atoms with van der Waals surface area (Å²) in [4.78, 5) is 11.5. The molecule has 0 saturated carbocycles. The molecule has 0 bridgehead atoms. The van der Waals surface area contributed by atoms with Crippen LogP contribution in [0.2, 0.25) is 0 Å². The minimum absolute atomic E-state index is 0.359. The van der Waals surface area contributed by atoms with E-state index in [0.717, 1.165) is 25.7 Å². The van der Waals surface area contributed by atoms with E-state index in [-0.39, 0.29) is 5.60 Å². The Balaban J connectivity index is 4.06. The van der Waals surface area contributed by atoms with Gasteiger partial charge in [-0.15, -0.1) is 0 Å². The van der Waals surface area contributed by atoms with Crippen LogP contribution in [0.5, 0.6) is 0 Å². The summed E-state index contributed by atoms with van der Waals surface area (Å²) in [6.07, 6.45) is 16.5. The van der Waals surface area contributed by atoms with Crippen molar-refractivity contribution >= 4 is 6.16 Å². The molecule has 0 heterocycles. The number of ether oxygens (including phenoxy) is 2. The second-order valence-corrected chi connectivity index (χ2v) is 7.04. The molecule has 23 heavy (non-hydrogen) atoms. The number of carbonyl (C=O) groups excluding carboxylic acids is 1. The minimum atomic E-state index is -0.538. The van der Waals surface area contributed by atoms with E-state index >= 15 is 0 Å². The summed E-state index contributed by atoms with van der Waals surface area (Å²) >= 11 is 0. The molecule has 0 unspecified atom stereocenters. The topological polar surface area (TPSA) is 35.5 Å². The van der Waals surface area contributed by atoms with Crippen LogP contribution in [0.1, 0.15) is 111 Å². The molecule has 0 aliphatic heterocycles. The van der Waals surface area contributed by atoms with Crippen molar-refractivity contribution in [3.8, 4) is 0 Å². The number of hydrogen-bond donors (Lipinski definition) is 0. The molecular formula is C20H40O3. The molecule has 0 fully saturated rings. The number of hydrogen-bond acceptors (Lipinski definition) is 3. The summed E-state index contributed by atoms with van der Waals surface area (Å²) in [6.45, 7) is 6.55. The maximum absolute atomic E-state index is 11.5. The Morgan fingerprint density at radius 3 is 1.52 bits per heavy atom. The van der Waals surface area contributed by atoms with Gasteiger partial charge in [-0.25, -0.2) is 4.79 Å². The Morgan fingerprint density at radius 1 is 0.739 bits per heavy atom. The van der Waals surface area contributed by atoms with E-state index in [1.165, 1.54) is 71.3 Å². The average molecular weight is 329 g/mol. The van der Waals surface area contributed by atoms with Gasteiger partial charge in [-0.3, -0.25) is 0 Å². The van der Waals surface area contributed by atoms with Crippen molar-refractivity contribution in [3.63, 3.8) is 0 Å². The first kappa shape index (κ1) is 22.3. The van der Waals surface area contributed by atoms with Crippen molar-refractivity contribution in [1.29, 1.82) is 0 Å². The van der Waals surface area contributed by atoms with Crippen LogP contribution in [0, 0.1) is 0 Å². The van der Waals surface area contributed by atoms with Gasteiger partial charge in [0.25, 0.3) is 0 Å². The summed E-state index contributed by atoms with van der Waals surface area (Å²) in [5.74, 6) is 0. The highest BCUT2D eigenvalue weighted by Gasteiger charge is 2.28. The molecular weight excluding hydrogens is 288 g/mol. The molecule has 0 radical (unpaired) electrons. The van der Waals surface area contributed by atoms with E-state index in [2.05, 4.69) is 20.8 Å². The van der Waals surface area contributed by atoms with E-state index in [0.29, 0.717) is 0 Å². The summed E-state index contributed by atoms with van der Waals surface area (Å²) in [5.41, 5.74) is -0.359.